The van der Waals surface area contributed by atoms with Crippen LogP contribution in [0.25, 0.3) is 0 Å². The summed E-state index contributed by atoms with van der Waals surface area (Å²) in [5.41, 5.74) is 3.13. The fourth-order valence-corrected chi connectivity index (χ4v) is 5.63. The van der Waals surface area contributed by atoms with Crippen LogP contribution in [0.1, 0.15) is 51.6 Å². The molecule has 0 radical (unpaired) electrons. The van der Waals surface area contributed by atoms with Crippen molar-refractivity contribution >= 4 is 17.9 Å². The first-order valence-corrected chi connectivity index (χ1v) is 13.6. The molecule has 0 aromatic heterocycles. The highest BCUT2D eigenvalue weighted by Gasteiger charge is 2.40. The number of alkyl carbamates (subject to hydrolysis) is 1. The number of aliphatic hydroxyl groups excluding tert-OH is 1. The van der Waals surface area contributed by atoms with Crippen molar-refractivity contribution in [2.75, 3.05) is 33.0 Å². The van der Waals surface area contributed by atoms with Crippen molar-refractivity contribution in [3.8, 4) is 5.75 Å². The smallest absolute Gasteiger partial charge is 0.407 e. The molecule has 3 N–H and O–H groups in total. The van der Waals surface area contributed by atoms with Crippen molar-refractivity contribution in [3.63, 3.8) is 0 Å². The molecule has 208 valence electrons. The largest absolute Gasteiger partial charge is 0.493 e. The number of carbonyl (C=O) groups is 3. The van der Waals surface area contributed by atoms with Gasteiger partial charge in [-0.15, -0.1) is 0 Å². The monoisotopic (exact) mass is 537 g/mol. The van der Waals surface area contributed by atoms with Gasteiger partial charge in [-0.05, 0) is 61.9 Å². The van der Waals surface area contributed by atoms with Crippen LogP contribution in [0.5, 0.6) is 5.75 Å². The van der Waals surface area contributed by atoms with Gasteiger partial charge in [0.15, 0.2) is 0 Å². The summed E-state index contributed by atoms with van der Waals surface area (Å²) in [4.78, 5) is 40.2. The molecule has 2 saturated heterocycles. The fraction of sp³-hybridized carbons (Fsp3) is 0.483. The maximum Gasteiger partial charge on any atom is 0.407 e. The maximum absolute atomic E-state index is 13.2. The third-order valence-corrected chi connectivity index (χ3v) is 7.53. The molecule has 2 aliphatic heterocycles. The van der Waals surface area contributed by atoms with Crippen LogP contribution in [-0.4, -0.2) is 85.1 Å². The molecule has 3 atom stereocenters. The van der Waals surface area contributed by atoms with E-state index in [0.717, 1.165) is 25.7 Å². The first-order valence-electron chi connectivity index (χ1n) is 13.6. The lowest BCUT2D eigenvalue weighted by molar-refractivity contribution is -0.00717. The highest BCUT2D eigenvalue weighted by atomic mass is 16.6. The molecule has 10 heteroatoms. The number of hydrogen-bond acceptors (Lipinski definition) is 7. The van der Waals surface area contributed by atoms with E-state index in [9.17, 15) is 19.5 Å². The maximum atomic E-state index is 13.2. The third-order valence-electron chi connectivity index (χ3n) is 7.53. The van der Waals surface area contributed by atoms with Gasteiger partial charge in [0.1, 0.15) is 18.5 Å². The number of rotatable bonds is 9. The number of aliphatic hydroxyl groups is 1. The second-order valence-electron chi connectivity index (χ2n) is 10.3. The molecule has 39 heavy (non-hydrogen) atoms. The normalized spacial score (nSPS) is 20.7. The van der Waals surface area contributed by atoms with Crippen LogP contribution in [-0.2, 0) is 22.3 Å². The van der Waals surface area contributed by atoms with Gasteiger partial charge in [-0.3, -0.25) is 9.59 Å². The van der Waals surface area contributed by atoms with E-state index in [4.69, 9.17) is 14.2 Å². The van der Waals surface area contributed by atoms with Gasteiger partial charge in [0.2, 0.25) is 0 Å². The Hall–Kier alpha value is -3.63. The minimum absolute atomic E-state index is 0.0445. The number of fused-ring (bicyclic) bond motifs is 3. The Labute approximate surface area is 227 Å². The molecule has 3 unspecified atom stereocenters. The number of nitrogens with zero attached hydrogens (tertiary/aromatic N) is 1. The summed E-state index contributed by atoms with van der Waals surface area (Å²) in [5.74, 6) is -0.258. The van der Waals surface area contributed by atoms with Crippen LogP contribution in [0.2, 0.25) is 0 Å². The molecule has 10 nitrogen and oxygen atoms in total. The topological polar surface area (TPSA) is 126 Å². The van der Waals surface area contributed by atoms with Crippen LogP contribution < -0.4 is 15.4 Å². The van der Waals surface area contributed by atoms with E-state index in [2.05, 4.69) is 10.6 Å². The standard InChI is InChI=1S/C29H35N3O7/c1-2-38-26-13-20(28(35)32-22-8-9-23(32)16-37-15-22)7-10-25(26)27(34)30-14-24(33)17-39-29(36)31-21-11-18-5-3-4-6-19(18)12-21/h3-7,10,13,21-24,33H,2,8-9,11-12,14-17H2,1H3,(H,30,34)(H,31,36). The van der Waals surface area contributed by atoms with E-state index in [-0.39, 0.29) is 42.7 Å². The molecular weight excluding hydrogens is 502 g/mol. The highest BCUT2D eigenvalue weighted by molar-refractivity contribution is 6.00. The van der Waals surface area contributed by atoms with Gasteiger partial charge < -0.3 is 34.9 Å². The molecule has 2 aromatic rings. The zero-order valence-corrected chi connectivity index (χ0v) is 22.1. The minimum Gasteiger partial charge on any atom is -0.493 e. The predicted octanol–water partition coefficient (Wildman–Crippen LogP) is 2.07. The van der Waals surface area contributed by atoms with E-state index >= 15 is 0 Å². The molecule has 2 aromatic carbocycles. The van der Waals surface area contributed by atoms with Gasteiger partial charge in [-0.1, -0.05) is 24.3 Å². The molecule has 2 bridgehead atoms. The van der Waals surface area contributed by atoms with Gasteiger partial charge in [-0.25, -0.2) is 4.79 Å². The van der Waals surface area contributed by atoms with Crippen LogP contribution >= 0.6 is 0 Å². The van der Waals surface area contributed by atoms with E-state index in [0.29, 0.717) is 31.1 Å². The lowest BCUT2D eigenvalue weighted by Gasteiger charge is -2.34. The first-order chi connectivity index (χ1) is 18.9. The summed E-state index contributed by atoms with van der Waals surface area (Å²) in [6.07, 6.45) is 1.64. The van der Waals surface area contributed by atoms with Crippen molar-refractivity contribution in [1.29, 1.82) is 0 Å². The van der Waals surface area contributed by atoms with Crippen molar-refractivity contribution < 1.29 is 33.7 Å². The number of ether oxygens (including phenoxy) is 3. The molecule has 0 spiro atoms. The fourth-order valence-electron chi connectivity index (χ4n) is 5.63. The number of nitrogens with one attached hydrogen (secondary N) is 2. The van der Waals surface area contributed by atoms with Crippen molar-refractivity contribution in [2.24, 2.45) is 0 Å². The zero-order valence-electron chi connectivity index (χ0n) is 22.1. The van der Waals surface area contributed by atoms with Gasteiger partial charge >= 0.3 is 6.09 Å². The van der Waals surface area contributed by atoms with E-state index < -0.39 is 18.1 Å². The molecule has 0 saturated carbocycles. The molecule has 2 heterocycles. The number of morpholine rings is 1. The average molecular weight is 538 g/mol. The molecular formula is C29H35N3O7. The van der Waals surface area contributed by atoms with E-state index in [1.165, 1.54) is 11.1 Å². The third kappa shape index (κ3) is 6.17. The summed E-state index contributed by atoms with van der Waals surface area (Å²) in [6, 6.07) is 12.9. The van der Waals surface area contributed by atoms with Crippen LogP contribution in [0, 0.1) is 0 Å². The summed E-state index contributed by atoms with van der Waals surface area (Å²) in [7, 11) is 0. The minimum atomic E-state index is -1.09. The summed E-state index contributed by atoms with van der Waals surface area (Å²) < 4.78 is 16.4. The Morgan fingerprint density at radius 2 is 1.77 bits per heavy atom. The summed E-state index contributed by atoms with van der Waals surface area (Å²) >= 11 is 0. The van der Waals surface area contributed by atoms with Gasteiger partial charge in [0.05, 0.1) is 37.5 Å². The van der Waals surface area contributed by atoms with E-state index in [1.54, 1.807) is 25.1 Å². The molecule has 3 amide bonds. The number of hydrogen-bond donors (Lipinski definition) is 3. The summed E-state index contributed by atoms with van der Waals surface area (Å²) in [5, 5.41) is 15.8. The highest BCUT2D eigenvalue weighted by Crippen LogP contribution is 2.31. The number of benzene rings is 2. The first kappa shape index (κ1) is 27.0. The predicted molar refractivity (Wildman–Crippen MR) is 142 cm³/mol. The molecule has 1 aliphatic carbocycles. The average Bonchev–Trinajstić information content (AvgIpc) is 3.46. The number of carbonyl (C=O) groups excluding carboxylic acids is 3. The molecule has 3 aliphatic rings. The zero-order chi connectivity index (χ0) is 27.4. The van der Waals surface area contributed by atoms with Gasteiger partial charge in [-0.2, -0.15) is 0 Å². The molecule has 2 fully saturated rings. The van der Waals surface area contributed by atoms with Gasteiger partial charge in [0, 0.05) is 18.2 Å². The SMILES string of the molecule is CCOc1cc(C(=O)N2C3CCC2COC3)ccc1C(=O)NCC(O)COC(=O)NC1Cc2ccccc2C1. The lowest BCUT2D eigenvalue weighted by Crippen LogP contribution is -2.49. The Morgan fingerprint density at radius 1 is 1.08 bits per heavy atom. The Kier molecular flexibility index (Phi) is 8.33. The van der Waals surface area contributed by atoms with Crippen LogP contribution in [0.3, 0.4) is 0 Å². The Bertz CT molecular complexity index is 1180. The van der Waals surface area contributed by atoms with Crippen molar-refractivity contribution in [1.82, 2.24) is 15.5 Å². The number of amides is 3. The molecule has 5 rings (SSSR count). The van der Waals surface area contributed by atoms with Crippen molar-refractivity contribution in [3.05, 3.63) is 64.7 Å². The van der Waals surface area contributed by atoms with E-state index in [1.807, 2.05) is 29.2 Å². The van der Waals surface area contributed by atoms with Crippen molar-refractivity contribution in [2.45, 2.75) is 56.8 Å². The lowest BCUT2D eigenvalue weighted by atomic mass is 10.1. The summed E-state index contributed by atoms with van der Waals surface area (Å²) in [6.45, 7) is 2.82. The quantitative estimate of drug-likeness (QED) is 0.447. The van der Waals surface area contributed by atoms with Crippen LogP contribution in [0.4, 0.5) is 4.79 Å². The second-order valence-corrected chi connectivity index (χ2v) is 10.3. The van der Waals surface area contributed by atoms with Gasteiger partial charge in [0.25, 0.3) is 11.8 Å². The second kappa shape index (κ2) is 12.0. The Morgan fingerprint density at radius 3 is 2.44 bits per heavy atom. The Balaban J connectivity index is 1.11. The van der Waals surface area contributed by atoms with Crippen LogP contribution in [0.15, 0.2) is 42.5 Å².